The number of hydrogen-bond acceptors (Lipinski definition) is 2. The Balaban J connectivity index is 1.78. The van der Waals surface area contributed by atoms with Crippen molar-refractivity contribution in [1.82, 2.24) is 5.32 Å². The molecule has 1 aliphatic rings. The predicted molar refractivity (Wildman–Crippen MR) is 77.0 cm³/mol. The molecule has 104 valence electrons. The van der Waals surface area contributed by atoms with Crippen LogP contribution in [0.4, 0.5) is 0 Å². The number of ether oxygens (including phenoxy) is 1. The maximum absolute atomic E-state index is 11.8. The van der Waals surface area contributed by atoms with E-state index in [2.05, 4.69) is 5.32 Å². The smallest absolute Gasteiger partial charge is 0.258 e. The van der Waals surface area contributed by atoms with Crippen LogP contribution in [-0.4, -0.2) is 23.9 Å². The lowest BCUT2D eigenvalue weighted by molar-refractivity contribution is -0.124. The van der Waals surface area contributed by atoms with E-state index < -0.39 is 0 Å². The molecule has 3 nitrogen and oxygen atoms in total. The molecular formula is C14H17Cl2NO2. The summed E-state index contributed by atoms with van der Waals surface area (Å²) in [5.41, 5.74) is 0. The van der Waals surface area contributed by atoms with Crippen molar-refractivity contribution in [2.75, 3.05) is 6.61 Å². The zero-order chi connectivity index (χ0) is 13.7. The van der Waals surface area contributed by atoms with Gasteiger partial charge in [-0.15, -0.1) is 11.6 Å². The summed E-state index contributed by atoms with van der Waals surface area (Å²) in [7, 11) is 0. The largest absolute Gasteiger partial charge is 0.484 e. The summed E-state index contributed by atoms with van der Waals surface area (Å²) in [4.78, 5) is 11.8. The van der Waals surface area contributed by atoms with E-state index in [0.29, 0.717) is 10.8 Å². The molecule has 2 rings (SSSR count). The number of nitrogens with one attached hydrogen (secondary N) is 1. The monoisotopic (exact) mass is 301 g/mol. The molecule has 19 heavy (non-hydrogen) atoms. The minimum absolute atomic E-state index is 0.0134. The van der Waals surface area contributed by atoms with E-state index in [1.165, 1.54) is 0 Å². The van der Waals surface area contributed by atoms with Gasteiger partial charge in [0.05, 0.1) is 5.38 Å². The van der Waals surface area contributed by atoms with Gasteiger partial charge in [-0.1, -0.05) is 30.5 Å². The highest BCUT2D eigenvalue weighted by Crippen LogP contribution is 2.23. The fraction of sp³-hybridized carbons (Fsp3) is 0.500. The maximum Gasteiger partial charge on any atom is 0.258 e. The number of benzene rings is 1. The molecule has 0 aliphatic heterocycles. The van der Waals surface area contributed by atoms with Crippen molar-refractivity contribution in [3.63, 3.8) is 0 Å². The van der Waals surface area contributed by atoms with E-state index in [1.807, 2.05) is 0 Å². The van der Waals surface area contributed by atoms with Crippen molar-refractivity contribution in [2.45, 2.75) is 37.1 Å². The first-order valence-corrected chi connectivity index (χ1v) is 7.28. The van der Waals surface area contributed by atoms with Gasteiger partial charge in [-0.25, -0.2) is 0 Å². The van der Waals surface area contributed by atoms with E-state index in [-0.39, 0.29) is 23.9 Å². The lowest BCUT2D eigenvalue weighted by Crippen LogP contribution is -2.44. The summed E-state index contributed by atoms with van der Waals surface area (Å²) in [5, 5.41) is 3.54. The number of carbonyl (C=O) groups excluding carboxylic acids is 1. The van der Waals surface area contributed by atoms with Crippen LogP contribution >= 0.6 is 23.2 Å². The molecule has 1 aliphatic carbocycles. The molecule has 1 aromatic carbocycles. The van der Waals surface area contributed by atoms with E-state index in [4.69, 9.17) is 27.9 Å². The first kappa shape index (κ1) is 14.5. The van der Waals surface area contributed by atoms with E-state index in [1.54, 1.807) is 24.3 Å². The van der Waals surface area contributed by atoms with Crippen LogP contribution in [-0.2, 0) is 4.79 Å². The van der Waals surface area contributed by atoms with Crippen LogP contribution in [0.5, 0.6) is 5.75 Å². The molecule has 0 aromatic heterocycles. The summed E-state index contributed by atoms with van der Waals surface area (Å²) in [6, 6.07) is 7.05. The highest BCUT2D eigenvalue weighted by molar-refractivity contribution is 6.30. The molecule has 0 spiro atoms. The lowest BCUT2D eigenvalue weighted by Gasteiger charge is -2.27. The Kier molecular flexibility index (Phi) is 5.34. The average molecular weight is 302 g/mol. The molecule has 5 heteroatoms. The van der Waals surface area contributed by atoms with Crippen LogP contribution in [0, 0.1) is 0 Å². The molecule has 0 bridgehead atoms. The van der Waals surface area contributed by atoms with Gasteiger partial charge in [0.2, 0.25) is 0 Å². The van der Waals surface area contributed by atoms with Crippen molar-refractivity contribution < 1.29 is 9.53 Å². The predicted octanol–water partition coefficient (Wildman–Crippen LogP) is 3.39. The summed E-state index contributed by atoms with van der Waals surface area (Å²) < 4.78 is 5.39. The van der Waals surface area contributed by atoms with Gasteiger partial charge in [0.25, 0.3) is 5.91 Å². The Morgan fingerprint density at radius 1 is 1.37 bits per heavy atom. The van der Waals surface area contributed by atoms with Gasteiger partial charge in [-0.05, 0) is 31.0 Å². The van der Waals surface area contributed by atoms with Gasteiger partial charge in [-0.3, -0.25) is 4.79 Å². The highest BCUT2D eigenvalue weighted by Gasteiger charge is 2.24. The number of hydrogen-bond donors (Lipinski definition) is 1. The SMILES string of the molecule is O=C(COc1cccc(Cl)c1)NC1CCCCC1Cl. The summed E-state index contributed by atoms with van der Waals surface area (Å²) in [6.07, 6.45) is 4.15. The molecule has 0 heterocycles. The minimum Gasteiger partial charge on any atom is -0.484 e. The molecule has 0 saturated heterocycles. The molecule has 2 atom stereocenters. The zero-order valence-electron chi connectivity index (χ0n) is 10.6. The standard InChI is InChI=1S/C14H17Cl2NO2/c15-10-4-3-5-11(8-10)19-9-14(18)17-13-7-2-1-6-12(13)16/h3-5,8,12-13H,1-2,6-7,9H2,(H,17,18). The maximum atomic E-state index is 11.8. The van der Waals surface area contributed by atoms with E-state index in [9.17, 15) is 4.79 Å². The number of amides is 1. The number of halogens is 2. The second kappa shape index (κ2) is 7.01. The van der Waals surface area contributed by atoms with Crippen LogP contribution in [0.1, 0.15) is 25.7 Å². The van der Waals surface area contributed by atoms with Crippen LogP contribution in [0.15, 0.2) is 24.3 Å². The molecule has 2 unspecified atom stereocenters. The lowest BCUT2D eigenvalue weighted by atomic mass is 9.95. The summed E-state index contributed by atoms with van der Waals surface area (Å²) in [5.74, 6) is 0.450. The zero-order valence-corrected chi connectivity index (χ0v) is 12.1. The fourth-order valence-electron chi connectivity index (χ4n) is 2.20. The third kappa shape index (κ3) is 4.59. The number of rotatable bonds is 4. The number of alkyl halides is 1. The topological polar surface area (TPSA) is 38.3 Å². The minimum atomic E-state index is -0.141. The van der Waals surface area contributed by atoms with Gasteiger partial charge in [0.15, 0.2) is 6.61 Å². The van der Waals surface area contributed by atoms with E-state index in [0.717, 1.165) is 25.7 Å². The second-order valence-corrected chi connectivity index (χ2v) is 5.72. The highest BCUT2D eigenvalue weighted by atomic mass is 35.5. The van der Waals surface area contributed by atoms with Crippen molar-refractivity contribution >= 4 is 29.1 Å². The quantitative estimate of drug-likeness (QED) is 0.866. The van der Waals surface area contributed by atoms with Crippen LogP contribution in [0.3, 0.4) is 0 Å². The van der Waals surface area contributed by atoms with Gasteiger partial charge in [-0.2, -0.15) is 0 Å². The molecule has 1 N–H and O–H groups in total. The normalized spacial score (nSPS) is 22.8. The fourth-order valence-corrected chi connectivity index (χ4v) is 2.73. The Labute approximate surface area is 123 Å². The van der Waals surface area contributed by atoms with Crippen molar-refractivity contribution in [3.05, 3.63) is 29.3 Å². The average Bonchev–Trinajstić information content (AvgIpc) is 2.39. The number of carbonyl (C=O) groups is 1. The van der Waals surface area contributed by atoms with Gasteiger partial charge < -0.3 is 10.1 Å². The van der Waals surface area contributed by atoms with Crippen molar-refractivity contribution in [3.8, 4) is 5.75 Å². The van der Waals surface area contributed by atoms with Gasteiger partial charge in [0, 0.05) is 11.1 Å². The molecule has 1 aromatic rings. The first-order chi connectivity index (χ1) is 9.15. The first-order valence-electron chi connectivity index (χ1n) is 6.47. The molecule has 1 fully saturated rings. The second-order valence-electron chi connectivity index (χ2n) is 4.72. The van der Waals surface area contributed by atoms with Crippen LogP contribution in [0.2, 0.25) is 5.02 Å². The van der Waals surface area contributed by atoms with E-state index >= 15 is 0 Å². The van der Waals surface area contributed by atoms with Gasteiger partial charge in [0.1, 0.15) is 5.75 Å². The molecule has 1 saturated carbocycles. The Morgan fingerprint density at radius 2 is 2.16 bits per heavy atom. The summed E-state index contributed by atoms with van der Waals surface area (Å²) >= 11 is 12.0. The third-order valence-electron chi connectivity index (χ3n) is 3.19. The third-order valence-corrected chi connectivity index (χ3v) is 3.95. The Hall–Kier alpha value is -0.930. The summed E-state index contributed by atoms with van der Waals surface area (Å²) in [6.45, 7) is -0.0134. The van der Waals surface area contributed by atoms with Gasteiger partial charge >= 0.3 is 0 Å². The van der Waals surface area contributed by atoms with Crippen molar-refractivity contribution in [1.29, 1.82) is 0 Å². The molecular weight excluding hydrogens is 285 g/mol. The Bertz CT molecular complexity index is 439. The van der Waals surface area contributed by atoms with Crippen molar-refractivity contribution in [2.24, 2.45) is 0 Å². The molecule has 1 amide bonds. The van der Waals surface area contributed by atoms with Crippen LogP contribution < -0.4 is 10.1 Å². The Morgan fingerprint density at radius 3 is 2.89 bits per heavy atom. The van der Waals surface area contributed by atoms with Crippen LogP contribution in [0.25, 0.3) is 0 Å². The molecule has 0 radical (unpaired) electrons.